The largest absolute Gasteiger partial charge is 0.353 e. The molecule has 1 atom stereocenters. The summed E-state index contributed by atoms with van der Waals surface area (Å²) in [6.45, 7) is 8.56. The van der Waals surface area contributed by atoms with Gasteiger partial charge in [-0.25, -0.2) is 4.98 Å². The van der Waals surface area contributed by atoms with Crippen LogP contribution in [-0.2, 0) is 23.2 Å². The van der Waals surface area contributed by atoms with E-state index in [1.54, 1.807) is 11.1 Å². The number of carbonyl (C=O) groups excluding carboxylic acids is 2. The average Bonchev–Trinajstić information content (AvgIpc) is 2.91. The monoisotopic (exact) mass is 321 g/mol. The van der Waals surface area contributed by atoms with Gasteiger partial charge in [-0.1, -0.05) is 0 Å². The van der Waals surface area contributed by atoms with Crippen LogP contribution >= 0.6 is 0 Å². The maximum absolute atomic E-state index is 12.7. The summed E-state index contributed by atoms with van der Waals surface area (Å²) in [5, 5.41) is 2.87. The van der Waals surface area contributed by atoms with Gasteiger partial charge in [0, 0.05) is 45.1 Å². The maximum atomic E-state index is 12.7. The molecule has 1 aromatic heterocycles. The summed E-state index contributed by atoms with van der Waals surface area (Å²) in [7, 11) is 1.91. The topological polar surface area (TPSA) is 70.5 Å². The molecule has 0 bridgehead atoms. The molecule has 2 heterocycles. The fourth-order valence-corrected chi connectivity index (χ4v) is 2.95. The van der Waals surface area contributed by atoms with Crippen molar-refractivity contribution in [1.29, 1.82) is 0 Å². The molecule has 1 aliphatic heterocycles. The van der Waals surface area contributed by atoms with Gasteiger partial charge in [0.1, 0.15) is 5.82 Å². The van der Waals surface area contributed by atoms with E-state index in [4.69, 9.17) is 0 Å². The molecule has 2 amide bonds. The Morgan fingerprint density at radius 1 is 1.52 bits per heavy atom. The minimum atomic E-state index is -0.383. The first-order valence-corrected chi connectivity index (χ1v) is 8.21. The summed E-state index contributed by atoms with van der Waals surface area (Å²) >= 11 is 0. The molecule has 0 saturated carbocycles. The van der Waals surface area contributed by atoms with E-state index in [-0.39, 0.29) is 30.3 Å². The lowest BCUT2D eigenvalue weighted by molar-refractivity contribution is -0.139. The molecule has 1 aromatic rings. The molecule has 1 fully saturated rings. The number of carbonyl (C=O) groups is 2. The van der Waals surface area contributed by atoms with Crippen molar-refractivity contribution in [2.24, 2.45) is 7.05 Å². The highest BCUT2D eigenvalue weighted by Crippen LogP contribution is 2.15. The Morgan fingerprint density at radius 2 is 2.26 bits per heavy atom. The zero-order valence-corrected chi connectivity index (χ0v) is 14.5. The van der Waals surface area contributed by atoms with Crippen LogP contribution in [0.15, 0.2) is 12.4 Å². The summed E-state index contributed by atoms with van der Waals surface area (Å²) < 4.78 is 1.91. The molecular formula is C16H27N5O2. The highest BCUT2D eigenvalue weighted by Gasteiger charge is 2.34. The number of nitrogens with zero attached hydrogens (tertiary/aromatic N) is 4. The van der Waals surface area contributed by atoms with Crippen LogP contribution < -0.4 is 5.32 Å². The summed E-state index contributed by atoms with van der Waals surface area (Å²) in [6, 6.07) is -0.143. The second-order valence-electron chi connectivity index (χ2n) is 6.20. The van der Waals surface area contributed by atoms with Crippen molar-refractivity contribution >= 4 is 11.8 Å². The maximum Gasteiger partial charge on any atom is 0.237 e. The highest BCUT2D eigenvalue weighted by atomic mass is 16.2. The molecule has 2 rings (SSSR count). The van der Waals surface area contributed by atoms with Crippen molar-refractivity contribution in [2.75, 3.05) is 19.6 Å². The van der Waals surface area contributed by atoms with Crippen LogP contribution in [0.3, 0.4) is 0 Å². The summed E-state index contributed by atoms with van der Waals surface area (Å²) in [6.07, 6.45) is 3.80. The number of rotatable bonds is 6. The van der Waals surface area contributed by atoms with Crippen molar-refractivity contribution in [3.05, 3.63) is 18.2 Å². The Bertz CT molecular complexity index is 554. The first kappa shape index (κ1) is 17.5. The van der Waals surface area contributed by atoms with Crippen LogP contribution in [0.4, 0.5) is 0 Å². The Morgan fingerprint density at radius 3 is 2.83 bits per heavy atom. The van der Waals surface area contributed by atoms with E-state index in [0.29, 0.717) is 19.6 Å². The van der Waals surface area contributed by atoms with Gasteiger partial charge in [-0.2, -0.15) is 0 Å². The van der Waals surface area contributed by atoms with Crippen LogP contribution in [-0.4, -0.2) is 62.9 Å². The van der Waals surface area contributed by atoms with Crippen LogP contribution in [0.1, 0.15) is 33.0 Å². The summed E-state index contributed by atoms with van der Waals surface area (Å²) in [4.78, 5) is 33.0. The van der Waals surface area contributed by atoms with Crippen LogP contribution in [0.2, 0.25) is 0 Å². The predicted octanol–water partition coefficient (Wildman–Crippen LogP) is 0.368. The zero-order valence-electron chi connectivity index (χ0n) is 14.5. The van der Waals surface area contributed by atoms with E-state index < -0.39 is 0 Å². The molecular weight excluding hydrogens is 294 g/mol. The molecule has 0 aromatic carbocycles. The Balaban J connectivity index is 2.05. The number of aryl methyl sites for hydroxylation is 1. The number of nitrogens with one attached hydrogen (secondary N) is 1. The Kier molecular flexibility index (Phi) is 5.76. The number of imidazole rings is 1. The van der Waals surface area contributed by atoms with Gasteiger partial charge in [0.15, 0.2) is 0 Å². The molecule has 7 heteroatoms. The van der Waals surface area contributed by atoms with E-state index in [9.17, 15) is 9.59 Å². The molecule has 0 unspecified atom stereocenters. The molecule has 23 heavy (non-hydrogen) atoms. The molecule has 0 aliphatic carbocycles. The summed E-state index contributed by atoms with van der Waals surface area (Å²) in [5.41, 5.74) is 0. The van der Waals surface area contributed by atoms with Gasteiger partial charge in [-0.15, -0.1) is 0 Å². The standard InChI is InChI=1S/C16H27N5O2/c1-5-20(11-14-17-6-8-19(14)4)15(22)10-13-16(23)18-7-9-21(13)12(2)3/h6,8,12-13H,5,7,9-11H2,1-4H3,(H,18,23)/t13-/m0/s1. The van der Waals surface area contributed by atoms with Crippen molar-refractivity contribution in [3.63, 3.8) is 0 Å². The summed E-state index contributed by atoms with van der Waals surface area (Å²) in [5.74, 6) is 0.781. The third-order valence-electron chi connectivity index (χ3n) is 4.39. The lowest BCUT2D eigenvalue weighted by atomic mass is 10.1. The number of hydrogen-bond acceptors (Lipinski definition) is 4. The van der Waals surface area contributed by atoms with E-state index in [0.717, 1.165) is 12.4 Å². The smallest absolute Gasteiger partial charge is 0.237 e. The van der Waals surface area contributed by atoms with Gasteiger partial charge >= 0.3 is 0 Å². The average molecular weight is 321 g/mol. The SMILES string of the molecule is CCN(Cc1nccn1C)C(=O)C[C@H]1C(=O)NCCN1C(C)C. The first-order valence-electron chi connectivity index (χ1n) is 8.21. The van der Waals surface area contributed by atoms with Crippen LogP contribution in [0.5, 0.6) is 0 Å². The third-order valence-corrected chi connectivity index (χ3v) is 4.39. The van der Waals surface area contributed by atoms with Crippen molar-refractivity contribution < 1.29 is 9.59 Å². The van der Waals surface area contributed by atoms with Gasteiger partial charge in [0.2, 0.25) is 11.8 Å². The molecule has 0 radical (unpaired) electrons. The third kappa shape index (κ3) is 4.10. The fourth-order valence-electron chi connectivity index (χ4n) is 2.95. The van der Waals surface area contributed by atoms with Gasteiger partial charge in [-0.3, -0.25) is 14.5 Å². The quantitative estimate of drug-likeness (QED) is 0.822. The van der Waals surface area contributed by atoms with Gasteiger partial charge < -0.3 is 14.8 Å². The normalized spacial score (nSPS) is 19.0. The molecule has 1 N–H and O–H groups in total. The molecule has 7 nitrogen and oxygen atoms in total. The van der Waals surface area contributed by atoms with Crippen molar-refractivity contribution in [1.82, 2.24) is 24.7 Å². The van der Waals surface area contributed by atoms with Crippen molar-refractivity contribution in [2.45, 2.75) is 45.8 Å². The van der Waals surface area contributed by atoms with E-state index in [2.05, 4.69) is 29.0 Å². The van der Waals surface area contributed by atoms with Crippen LogP contribution in [0.25, 0.3) is 0 Å². The minimum absolute atomic E-state index is 0.0109. The fraction of sp³-hybridized carbons (Fsp3) is 0.688. The van der Waals surface area contributed by atoms with Gasteiger partial charge in [0.25, 0.3) is 0 Å². The van der Waals surface area contributed by atoms with Crippen molar-refractivity contribution in [3.8, 4) is 0 Å². The zero-order chi connectivity index (χ0) is 17.0. The number of amides is 2. The Labute approximate surface area is 137 Å². The molecule has 1 aliphatic rings. The second-order valence-corrected chi connectivity index (χ2v) is 6.20. The lowest BCUT2D eigenvalue weighted by Gasteiger charge is -2.38. The predicted molar refractivity (Wildman–Crippen MR) is 87.6 cm³/mol. The minimum Gasteiger partial charge on any atom is -0.353 e. The molecule has 128 valence electrons. The highest BCUT2D eigenvalue weighted by molar-refractivity contribution is 5.88. The first-order chi connectivity index (χ1) is 10.9. The number of piperazine rings is 1. The molecule has 1 saturated heterocycles. The van der Waals surface area contributed by atoms with E-state index in [1.165, 1.54) is 0 Å². The lowest BCUT2D eigenvalue weighted by Crippen LogP contribution is -2.58. The second kappa shape index (κ2) is 7.59. The van der Waals surface area contributed by atoms with Gasteiger partial charge in [-0.05, 0) is 20.8 Å². The number of aromatic nitrogens is 2. The Hall–Kier alpha value is -1.89. The van der Waals surface area contributed by atoms with E-state index in [1.807, 2.05) is 24.7 Å². The molecule has 0 spiro atoms. The number of hydrogen-bond donors (Lipinski definition) is 1. The van der Waals surface area contributed by atoms with Gasteiger partial charge in [0.05, 0.1) is 19.0 Å². The van der Waals surface area contributed by atoms with Crippen LogP contribution in [0, 0.1) is 0 Å². The van der Waals surface area contributed by atoms with E-state index >= 15 is 0 Å².